The van der Waals surface area contributed by atoms with Crippen molar-refractivity contribution in [1.82, 2.24) is 4.98 Å². The molecule has 0 aliphatic carbocycles. The van der Waals surface area contributed by atoms with Crippen LogP contribution in [0.2, 0.25) is 10.0 Å². The van der Waals surface area contributed by atoms with Gasteiger partial charge in [-0.15, -0.1) is 0 Å². The number of hydrogen-bond donors (Lipinski definition) is 0. The molecule has 23 heavy (non-hydrogen) atoms. The maximum Gasteiger partial charge on any atom is 0.0722 e. The number of fused-ring (bicyclic) bond motifs is 1. The Bertz CT molecular complexity index is 935. The molecule has 1 heterocycles. The van der Waals surface area contributed by atoms with Gasteiger partial charge in [0.05, 0.1) is 17.2 Å². The van der Waals surface area contributed by atoms with E-state index in [-0.39, 0.29) is 5.56 Å². The molecule has 1 aromatic heterocycles. The van der Waals surface area contributed by atoms with Crippen LogP contribution in [0.4, 0.5) is 0 Å². The summed E-state index contributed by atoms with van der Waals surface area (Å²) in [5, 5.41) is 12.9. The van der Waals surface area contributed by atoms with Crippen molar-refractivity contribution in [2.24, 2.45) is 0 Å². The molecule has 0 unspecified atom stereocenters. The highest BCUT2D eigenvalue weighted by molar-refractivity contribution is 6.35. The number of carboxylic acid groups (broad SMARTS) is 1. The van der Waals surface area contributed by atoms with Crippen LogP contribution in [0.15, 0.2) is 48.5 Å². The van der Waals surface area contributed by atoms with Crippen LogP contribution >= 0.6 is 23.2 Å². The molecule has 0 amide bonds. The standard InChI is InChI=1S/C18H11Cl2NO2/c19-12-7-5-11(16(20)9-12)6-8-13-10-15(18(22)23)14-3-1-2-4-17(14)21-13/h1-10H,(H,22,23)/p-1/b8-6+. The van der Waals surface area contributed by atoms with Crippen molar-refractivity contribution >= 4 is 52.2 Å². The van der Waals surface area contributed by atoms with Crippen molar-refractivity contribution in [3.8, 4) is 0 Å². The molecule has 5 heteroatoms. The molecular weight excluding hydrogens is 333 g/mol. The molecule has 0 saturated heterocycles. The van der Waals surface area contributed by atoms with Gasteiger partial charge in [0.2, 0.25) is 0 Å². The van der Waals surface area contributed by atoms with Crippen molar-refractivity contribution in [3.63, 3.8) is 0 Å². The van der Waals surface area contributed by atoms with E-state index in [1.54, 1.807) is 54.6 Å². The normalized spacial score (nSPS) is 11.2. The lowest BCUT2D eigenvalue weighted by atomic mass is 10.1. The second kappa shape index (κ2) is 6.41. The van der Waals surface area contributed by atoms with E-state index in [0.717, 1.165) is 5.56 Å². The summed E-state index contributed by atoms with van der Waals surface area (Å²) in [6.07, 6.45) is 3.46. The fourth-order valence-electron chi connectivity index (χ4n) is 2.26. The van der Waals surface area contributed by atoms with E-state index < -0.39 is 5.97 Å². The summed E-state index contributed by atoms with van der Waals surface area (Å²) >= 11 is 12.0. The molecule has 3 rings (SSSR count). The molecule has 0 fully saturated rings. The van der Waals surface area contributed by atoms with Crippen molar-refractivity contribution in [2.45, 2.75) is 0 Å². The highest BCUT2D eigenvalue weighted by Crippen LogP contribution is 2.24. The third-order valence-corrected chi connectivity index (χ3v) is 3.91. The largest absolute Gasteiger partial charge is 0.545 e. The summed E-state index contributed by atoms with van der Waals surface area (Å²) in [4.78, 5) is 15.8. The number of nitrogens with zero attached hydrogens (tertiary/aromatic N) is 1. The number of pyridine rings is 1. The van der Waals surface area contributed by atoms with Gasteiger partial charge < -0.3 is 9.90 Å². The fourth-order valence-corrected chi connectivity index (χ4v) is 2.73. The number of aromatic carboxylic acids is 1. The van der Waals surface area contributed by atoms with E-state index >= 15 is 0 Å². The topological polar surface area (TPSA) is 53.0 Å². The summed E-state index contributed by atoms with van der Waals surface area (Å²) in [6, 6.07) is 13.7. The van der Waals surface area contributed by atoms with Crippen LogP contribution in [-0.4, -0.2) is 11.0 Å². The van der Waals surface area contributed by atoms with Gasteiger partial charge in [-0.25, -0.2) is 4.98 Å². The van der Waals surface area contributed by atoms with Crippen molar-refractivity contribution in [3.05, 3.63) is 75.4 Å². The van der Waals surface area contributed by atoms with Crippen LogP contribution in [0.3, 0.4) is 0 Å². The molecule has 0 radical (unpaired) electrons. The van der Waals surface area contributed by atoms with Crippen LogP contribution < -0.4 is 5.11 Å². The van der Waals surface area contributed by atoms with Gasteiger partial charge in [0.25, 0.3) is 0 Å². The molecule has 3 aromatic rings. The smallest absolute Gasteiger partial charge is 0.0722 e. The Kier molecular flexibility index (Phi) is 4.33. The van der Waals surface area contributed by atoms with Crippen molar-refractivity contribution < 1.29 is 9.90 Å². The molecular formula is C18H10Cl2NO2-. The van der Waals surface area contributed by atoms with Crippen molar-refractivity contribution in [1.29, 1.82) is 0 Å². The molecule has 0 saturated carbocycles. The third kappa shape index (κ3) is 3.36. The number of carboxylic acids is 1. The number of aromatic nitrogens is 1. The molecule has 0 atom stereocenters. The van der Waals surface area contributed by atoms with Gasteiger partial charge in [-0.1, -0.05) is 53.5 Å². The molecule has 0 aliphatic heterocycles. The highest BCUT2D eigenvalue weighted by atomic mass is 35.5. The lowest BCUT2D eigenvalue weighted by molar-refractivity contribution is -0.254. The lowest BCUT2D eigenvalue weighted by Gasteiger charge is -2.08. The van der Waals surface area contributed by atoms with Crippen LogP contribution in [0.5, 0.6) is 0 Å². The highest BCUT2D eigenvalue weighted by Gasteiger charge is 2.05. The van der Waals surface area contributed by atoms with Gasteiger partial charge in [0.15, 0.2) is 0 Å². The minimum atomic E-state index is -1.23. The van der Waals surface area contributed by atoms with E-state index in [0.29, 0.717) is 26.6 Å². The van der Waals surface area contributed by atoms with E-state index in [2.05, 4.69) is 4.98 Å². The van der Waals surface area contributed by atoms with Gasteiger partial charge >= 0.3 is 0 Å². The quantitative estimate of drug-likeness (QED) is 0.720. The van der Waals surface area contributed by atoms with Crippen LogP contribution in [0.1, 0.15) is 21.6 Å². The zero-order valence-corrected chi connectivity index (χ0v) is 13.3. The Labute approximate surface area is 142 Å². The Balaban J connectivity index is 2.06. The van der Waals surface area contributed by atoms with E-state index in [1.807, 2.05) is 0 Å². The maximum atomic E-state index is 11.3. The summed E-state index contributed by atoms with van der Waals surface area (Å²) in [7, 11) is 0. The second-order valence-electron chi connectivity index (χ2n) is 4.90. The number of carbonyl (C=O) groups excluding carboxylic acids is 1. The summed E-state index contributed by atoms with van der Waals surface area (Å²) in [5.41, 5.74) is 1.98. The Hall–Kier alpha value is -2.36. The predicted molar refractivity (Wildman–Crippen MR) is 91.5 cm³/mol. The van der Waals surface area contributed by atoms with Gasteiger partial charge in [0, 0.05) is 21.0 Å². The lowest BCUT2D eigenvalue weighted by Crippen LogP contribution is -2.22. The first kappa shape index (κ1) is 15.5. The van der Waals surface area contributed by atoms with Gasteiger partial charge in [-0.05, 0) is 35.9 Å². The average Bonchev–Trinajstić information content (AvgIpc) is 2.53. The second-order valence-corrected chi connectivity index (χ2v) is 5.74. The summed E-state index contributed by atoms with van der Waals surface area (Å²) in [5.74, 6) is -1.23. The van der Waals surface area contributed by atoms with Crippen LogP contribution in [0.25, 0.3) is 23.1 Å². The number of para-hydroxylation sites is 1. The molecule has 0 aliphatic rings. The third-order valence-electron chi connectivity index (χ3n) is 3.35. The first-order valence-electron chi connectivity index (χ1n) is 6.79. The first-order chi connectivity index (χ1) is 11.0. The number of hydrogen-bond acceptors (Lipinski definition) is 3. The molecule has 114 valence electrons. The Morgan fingerprint density at radius 1 is 1.04 bits per heavy atom. The Morgan fingerprint density at radius 2 is 1.83 bits per heavy atom. The number of benzene rings is 2. The summed E-state index contributed by atoms with van der Waals surface area (Å²) < 4.78 is 0. The number of halogens is 2. The van der Waals surface area contributed by atoms with E-state index in [4.69, 9.17) is 23.2 Å². The van der Waals surface area contributed by atoms with Crippen LogP contribution in [-0.2, 0) is 0 Å². The fraction of sp³-hybridized carbons (Fsp3) is 0. The van der Waals surface area contributed by atoms with Crippen LogP contribution in [0, 0.1) is 0 Å². The summed E-state index contributed by atoms with van der Waals surface area (Å²) in [6.45, 7) is 0. The zero-order chi connectivity index (χ0) is 16.4. The zero-order valence-electron chi connectivity index (χ0n) is 11.8. The first-order valence-corrected chi connectivity index (χ1v) is 7.54. The predicted octanol–water partition coefficient (Wildman–Crippen LogP) is 4.08. The molecule has 3 nitrogen and oxygen atoms in total. The van der Waals surface area contributed by atoms with Gasteiger partial charge in [0.1, 0.15) is 0 Å². The maximum absolute atomic E-state index is 11.3. The molecule has 2 aromatic carbocycles. The minimum absolute atomic E-state index is 0.109. The van der Waals surface area contributed by atoms with E-state index in [1.165, 1.54) is 6.07 Å². The minimum Gasteiger partial charge on any atom is -0.545 e. The molecule has 0 bridgehead atoms. The molecule has 0 spiro atoms. The van der Waals surface area contributed by atoms with Crippen molar-refractivity contribution in [2.75, 3.05) is 0 Å². The number of rotatable bonds is 3. The Morgan fingerprint density at radius 3 is 2.57 bits per heavy atom. The van der Waals surface area contributed by atoms with E-state index in [9.17, 15) is 9.90 Å². The number of carbonyl (C=O) groups is 1. The van der Waals surface area contributed by atoms with Gasteiger partial charge in [-0.2, -0.15) is 0 Å². The van der Waals surface area contributed by atoms with Gasteiger partial charge in [-0.3, -0.25) is 0 Å². The molecule has 0 N–H and O–H groups in total. The SMILES string of the molecule is O=C([O-])c1cc(/C=C/c2ccc(Cl)cc2Cl)nc2ccccc12. The average molecular weight is 343 g/mol. The monoisotopic (exact) mass is 342 g/mol.